The van der Waals surface area contributed by atoms with Crippen LogP contribution in [-0.2, 0) is 4.74 Å². The molecule has 108 valence electrons. The molecule has 1 fully saturated rings. The van der Waals surface area contributed by atoms with Crippen LogP contribution in [0.15, 0.2) is 17.3 Å². The molecule has 0 atom stereocenters. The zero-order valence-corrected chi connectivity index (χ0v) is 11.5. The minimum Gasteiger partial charge on any atom is -0.505 e. The highest BCUT2D eigenvalue weighted by Gasteiger charge is 2.21. The van der Waals surface area contributed by atoms with Crippen molar-refractivity contribution in [1.82, 2.24) is 4.90 Å². The number of methoxy groups -OCH3 is 1. The van der Waals surface area contributed by atoms with Crippen molar-refractivity contribution in [2.24, 2.45) is 5.18 Å². The maximum absolute atomic E-state index is 11.6. The highest BCUT2D eigenvalue weighted by atomic mass is 16.5. The van der Waals surface area contributed by atoms with Crippen LogP contribution in [0.5, 0.6) is 5.75 Å². The first kappa shape index (κ1) is 14.3. The fourth-order valence-corrected chi connectivity index (χ4v) is 2.19. The van der Waals surface area contributed by atoms with Crippen molar-refractivity contribution in [3.8, 4) is 5.75 Å². The topological polar surface area (TPSA) is 82.4 Å². The third-order valence-corrected chi connectivity index (χ3v) is 3.45. The van der Waals surface area contributed by atoms with Gasteiger partial charge in [0.05, 0.1) is 7.11 Å². The van der Waals surface area contributed by atoms with Gasteiger partial charge in [0.15, 0.2) is 11.4 Å². The van der Waals surface area contributed by atoms with E-state index in [1.54, 1.807) is 0 Å². The summed E-state index contributed by atoms with van der Waals surface area (Å²) in [5.41, 5.74) is 0.492. The number of anilines is 1. The van der Waals surface area contributed by atoms with Gasteiger partial charge in [-0.3, -0.25) is 0 Å². The van der Waals surface area contributed by atoms with Crippen LogP contribution in [0, 0.1) is 4.91 Å². The van der Waals surface area contributed by atoms with Gasteiger partial charge in [0, 0.05) is 31.9 Å². The van der Waals surface area contributed by atoms with Gasteiger partial charge in [0.25, 0.3) is 0 Å². The summed E-state index contributed by atoms with van der Waals surface area (Å²) in [6.45, 7) is 3.33. The summed E-state index contributed by atoms with van der Waals surface area (Å²) in [7, 11) is 3.25. The number of carbonyl (C=O) groups is 1. The number of piperazine rings is 1. The van der Waals surface area contributed by atoms with Crippen molar-refractivity contribution >= 4 is 17.3 Å². The molecule has 7 heteroatoms. The number of rotatable bonds is 3. The molecule has 0 spiro atoms. The molecule has 0 amide bonds. The quantitative estimate of drug-likeness (QED) is 0.664. The normalized spacial score (nSPS) is 16.0. The van der Waals surface area contributed by atoms with E-state index < -0.39 is 11.7 Å². The van der Waals surface area contributed by atoms with Crippen molar-refractivity contribution in [3.05, 3.63) is 22.6 Å². The van der Waals surface area contributed by atoms with E-state index in [0.717, 1.165) is 26.2 Å². The van der Waals surface area contributed by atoms with Crippen LogP contribution >= 0.6 is 0 Å². The van der Waals surface area contributed by atoms with Crippen LogP contribution < -0.4 is 4.90 Å². The fourth-order valence-electron chi connectivity index (χ4n) is 2.19. The van der Waals surface area contributed by atoms with E-state index in [1.165, 1.54) is 19.2 Å². The number of phenolic OH excluding ortho intramolecular Hbond substituents is 1. The predicted molar refractivity (Wildman–Crippen MR) is 74.6 cm³/mol. The number of carbonyl (C=O) groups excluding carboxylic acids is 1. The van der Waals surface area contributed by atoms with E-state index in [0.29, 0.717) is 5.69 Å². The third-order valence-electron chi connectivity index (χ3n) is 3.45. The lowest BCUT2D eigenvalue weighted by Gasteiger charge is -2.34. The number of benzene rings is 1. The summed E-state index contributed by atoms with van der Waals surface area (Å²) < 4.78 is 4.61. The SMILES string of the molecule is COC(=O)c1cc(N2CCN(C)CC2)cc(N=O)c1O. The largest absolute Gasteiger partial charge is 0.505 e. The van der Waals surface area contributed by atoms with Gasteiger partial charge in [-0.25, -0.2) is 4.79 Å². The fraction of sp³-hybridized carbons (Fsp3) is 0.462. The van der Waals surface area contributed by atoms with Crippen molar-refractivity contribution in [1.29, 1.82) is 0 Å². The monoisotopic (exact) mass is 279 g/mol. The maximum Gasteiger partial charge on any atom is 0.341 e. The Morgan fingerprint density at radius 3 is 2.50 bits per heavy atom. The highest BCUT2D eigenvalue weighted by Crippen LogP contribution is 2.35. The zero-order valence-electron chi connectivity index (χ0n) is 11.5. The molecule has 1 aromatic carbocycles. The van der Waals surface area contributed by atoms with E-state index in [-0.39, 0.29) is 11.3 Å². The van der Waals surface area contributed by atoms with Crippen LogP contribution in [0.1, 0.15) is 10.4 Å². The summed E-state index contributed by atoms with van der Waals surface area (Å²) in [6, 6.07) is 3.02. The molecule has 20 heavy (non-hydrogen) atoms. The lowest BCUT2D eigenvalue weighted by atomic mass is 10.1. The lowest BCUT2D eigenvalue weighted by Crippen LogP contribution is -2.44. The first-order valence-corrected chi connectivity index (χ1v) is 6.29. The van der Waals surface area contributed by atoms with Crippen LogP contribution in [0.2, 0.25) is 0 Å². The van der Waals surface area contributed by atoms with E-state index in [2.05, 4.69) is 14.8 Å². The Labute approximate surface area is 116 Å². The molecule has 0 unspecified atom stereocenters. The van der Waals surface area contributed by atoms with Gasteiger partial charge < -0.3 is 19.6 Å². The van der Waals surface area contributed by atoms with Gasteiger partial charge in [0.1, 0.15) is 5.56 Å². The van der Waals surface area contributed by atoms with Crippen molar-refractivity contribution in [3.63, 3.8) is 0 Å². The molecule has 1 heterocycles. The number of nitroso groups, excluding NO2 is 1. The van der Waals surface area contributed by atoms with Gasteiger partial charge in [-0.05, 0) is 24.4 Å². The molecular formula is C13H17N3O4. The number of phenols is 1. The second kappa shape index (κ2) is 5.87. The van der Waals surface area contributed by atoms with E-state index in [9.17, 15) is 14.8 Å². The number of aromatic hydroxyl groups is 1. The second-order valence-corrected chi connectivity index (χ2v) is 4.73. The standard InChI is InChI=1S/C13H17N3O4/c1-15-3-5-16(6-4-15)9-7-10(13(18)20-2)12(17)11(8-9)14-19/h7-8,17H,3-6H2,1-2H3. The zero-order chi connectivity index (χ0) is 14.7. The van der Waals surface area contributed by atoms with Crippen LogP contribution in [-0.4, -0.2) is 56.3 Å². The number of esters is 1. The number of hydrogen-bond donors (Lipinski definition) is 1. The molecule has 0 aromatic heterocycles. The molecule has 0 saturated carbocycles. The van der Waals surface area contributed by atoms with Crippen LogP contribution in [0.3, 0.4) is 0 Å². The number of nitrogens with zero attached hydrogens (tertiary/aromatic N) is 3. The van der Waals surface area contributed by atoms with Gasteiger partial charge in [-0.2, -0.15) is 0 Å². The lowest BCUT2D eigenvalue weighted by molar-refractivity contribution is 0.0597. The molecule has 2 rings (SSSR count). The van der Waals surface area contributed by atoms with Crippen LogP contribution in [0.4, 0.5) is 11.4 Å². The molecule has 1 aliphatic rings. The number of hydrogen-bond acceptors (Lipinski definition) is 7. The predicted octanol–water partition coefficient (Wildman–Crippen LogP) is 1.33. The minimum atomic E-state index is -0.691. The molecule has 7 nitrogen and oxygen atoms in total. The maximum atomic E-state index is 11.6. The summed E-state index contributed by atoms with van der Waals surface area (Å²) in [4.78, 5) is 26.7. The number of ether oxygens (including phenoxy) is 1. The van der Waals surface area contributed by atoms with Gasteiger partial charge in [0.2, 0.25) is 0 Å². The summed E-state index contributed by atoms with van der Waals surface area (Å²) in [5.74, 6) is -1.13. The number of likely N-dealkylation sites (N-methyl/N-ethyl adjacent to an activating group) is 1. The Morgan fingerprint density at radius 1 is 1.30 bits per heavy atom. The highest BCUT2D eigenvalue weighted by molar-refractivity contribution is 5.96. The molecule has 1 saturated heterocycles. The summed E-state index contributed by atoms with van der Waals surface area (Å²) in [6.07, 6.45) is 0. The average Bonchev–Trinajstić information content (AvgIpc) is 2.47. The summed E-state index contributed by atoms with van der Waals surface area (Å²) >= 11 is 0. The Morgan fingerprint density at radius 2 is 1.95 bits per heavy atom. The molecule has 1 aliphatic heterocycles. The molecule has 0 bridgehead atoms. The minimum absolute atomic E-state index is 0.0430. The third kappa shape index (κ3) is 2.72. The van der Waals surface area contributed by atoms with Crippen molar-refractivity contribution < 1.29 is 14.6 Å². The second-order valence-electron chi connectivity index (χ2n) is 4.73. The molecule has 1 N–H and O–H groups in total. The molecular weight excluding hydrogens is 262 g/mol. The Balaban J connectivity index is 2.38. The van der Waals surface area contributed by atoms with Gasteiger partial charge in [-0.1, -0.05) is 0 Å². The molecule has 1 aromatic rings. The van der Waals surface area contributed by atoms with Crippen molar-refractivity contribution in [2.45, 2.75) is 0 Å². The Hall–Kier alpha value is -2.15. The Bertz CT molecular complexity index is 525. The van der Waals surface area contributed by atoms with Crippen molar-refractivity contribution in [2.75, 3.05) is 45.2 Å². The van der Waals surface area contributed by atoms with E-state index >= 15 is 0 Å². The first-order chi connectivity index (χ1) is 9.56. The van der Waals surface area contributed by atoms with Gasteiger partial charge >= 0.3 is 5.97 Å². The summed E-state index contributed by atoms with van der Waals surface area (Å²) in [5, 5.41) is 12.6. The van der Waals surface area contributed by atoms with Crippen LogP contribution in [0.25, 0.3) is 0 Å². The molecule has 0 radical (unpaired) electrons. The first-order valence-electron chi connectivity index (χ1n) is 6.29. The van der Waals surface area contributed by atoms with Gasteiger partial charge in [-0.15, -0.1) is 4.91 Å². The van der Waals surface area contributed by atoms with E-state index in [1.807, 2.05) is 11.9 Å². The average molecular weight is 279 g/mol. The Kier molecular flexibility index (Phi) is 4.19. The van der Waals surface area contributed by atoms with E-state index in [4.69, 9.17) is 0 Å². The molecule has 0 aliphatic carbocycles. The smallest absolute Gasteiger partial charge is 0.341 e.